The van der Waals surface area contributed by atoms with E-state index >= 15 is 0 Å². The smallest absolute Gasteiger partial charge is 0.328 e. The van der Waals surface area contributed by atoms with Crippen molar-refractivity contribution in [2.45, 2.75) is 20.8 Å². The van der Waals surface area contributed by atoms with E-state index < -0.39 is 16.4 Å². The topological polar surface area (TPSA) is 46.4 Å². The van der Waals surface area contributed by atoms with Gasteiger partial charge >= 0.3 is 5.69 Å². The largest absolute Gasteiger partial charge is 0.366 e. The van der Waals surface area contributed by atoms with E-state index in [1.807, 2.05) is 13.8 Å². The lowest BCUT2D eigenvalue weighted by molar-refractivity contribution is -0.386. The Morgan fingerprint density at radius 1 is 1.50 bits per heavy atom. The van der Waals surface area contributed by atoms with Crippen molar-refractivity contribution in [1.82, 2.24) is 0 Å². The van der Waals surface area contributed by atoms with E-state index in [1.165, 1.54) is 6.08 Å². The molecule has 1 aromatic carbocycles. The monoisotopic (exact) mass is 252 g/mol. The first kappa shape index (κ1) is 14.2. The highest BCUT2D eigenvalue weighted by Crippen LogP contribution is 2.36. The molecule has 0 saturated heterocycles. The van der Waals surface area contributed by atoms with Crippen molar-refractivity contribution in [2.75, 3.05) is 18.0 Å². The fraction of sp³-hybridized carbons (Fsp3) is 0.385. The lowest BCUT2D eigenvalue weighted by Gasteiger charge is -2.23. The summed E-state index contributed by atoms with van der Waals surface area (Å²) in [6.45, 7) is 10.2. The van der Waals surface area contributed by atoms with Crippen molar-refractivity contribution in [3.63, 3.8) is 0 Å². The first-order valence-electron chi connectivity index (χ1n) is 5.82. The minimum atomic E-state index is -0.817. The Bertz CT molecular complexity index is 482. The molecule has 1 aromatic rings. The third kappa shape index (κ3) is 2.34. The van der Waals surface area contributed by atoms with Crippen molar-refractivity contribution in [1.29, 1.82) is 0 Å². The number of nitrogens with zero attached hydrogens (tertiary/aromatic N) is 2. The van der Waals surface area contributed by atoms with Crippen molar-refractivity contribution < 1.29 is 9.31 Å². The molecule has 0 aliphatic rings. The molecular formula is C13H17FN2O2. The highest BCUT2D eigenvalue weighted by Gasteiger charge is 2.27. The number of anilines is 1. The van der Waals surface area contributed by atoms with Crippen molar-refractivity contribution in [2.24, 2.45) is 0 Å². The van der Waals surface area contributed by atoms with Crippen LogP contribution in [-0.4, -0.2) is 18.0 Å². The first-order valence-corrected chi connectivity index (χ1v) is 5.82. The van der Waals surface area contributed by atoms with Crippen LogP contribution in [0.2, 0.25) is 0 Å². The van der Waals surface area contributed by atoms with Gasteiger partial charge in [0.05, 0.1) is 4.92 Å². The van der Waals surface area contributed by atoms with Gasteiger partial charge in [-0.2, -0.15) is 4.39 Å². The molecule has 1 rings (SSSR count). The average Bonchev–Trinajstić information content (AvgIpc) is 2.33. The number of aryl methyl sites for hydroxylation is 1. The maximum absolute atomic E-state index is 14.1. The van der Waals surface area contributed by atoms with Gasteiger partial charge in [0, 0.05) is 18.7 Å². The highest BCUT2D eigenvalue weighted by atomic mass is 19.1. The van der Waals surface area contributed by atoms with Crippen LogP contribution in [0, 0.1) is 22.9 Å². The first-order chi connectivity index (χ1) is 8.47. The fourth-order valence-corrected chi connectivity index (χ4v) is 2.05. The van der Waals surface area contributed by atoms with Crippen molar-refractivity contribution in [3.8, 4) is 0 Å². The van der Waals surface area contributed by atoms with E-state index in [0.29, 0.717) is 24.3 Å². The van der Waals surface area contributed by atoms with Gasteiger partial charge in [-0.05, 0) is 32.4 Å². The Kier molecular flexibility index (Phi) is 4.42. The summed E-state index contributed by atoms with van der Waals surface area (Å²) in [5.41, 5.74) is 0.735. The van der Waals surface area contributed by atoms with Crippen molar-refractivity contribution in [3.05, 3.63) is 39.7 Å². The quantitative estimate of drug-likeness (QED) is 0.595. The number of benzene rings is 1. The van der Waals surface area contributed by atoms with E-state index in [4.69, 9.17) is 0 Å². The van der Waals surface area contributed by atoms with E-state index in [2.05, 4.69) is 6.58 Å². The summed E-state index contributed by atoms with van der Waals surface area (Å²) >= 11 is 0. The lowest BCUT2D eigenvalue weighted by Crippen LogP contribution is -2.24. The van der Waals surface area contributed by atoms with Crippen LogP contribution in [-0.2, 0) is 0 Å². The number of hydrogen-bond acceptors (Lipinski definition) is 3. The van der Waals surface area contributed by atoms with Gasteiger partial charge in [0.1, 0.15) is 5.69 Å². The summed E-state index contributed by atoms with van der Waals surface area (Å²) in [5.74, 6) is -0.817. The van der Waals surface area contributed by atoms with Crippen LogP contribution in [0.4, 0.5) is 15.8 Å². The summed E-state index contributed by atoms with van der Waals surface area (Å²) < 4.78 is 14.1. The zero-order chi connectivity index (χ0) is 13.9. The second-order valence-corrected chi connectivity index (χ2v) is 3.93. The number of nitro groups is 1. The summed E-state index contributed by atoms with van der Waals surface area (Å²) in [4.78, 5) is 12.2. The number of hydrogen-bond donors (Lipinski definition) is 0. The van der Waals surface area contributed by atoms with Gasteiger partial charge in [-0.1, -0.05) is 12.7 Å². The molecule has 0 amide bonds. The third-order valence-corrected chi connectivity index (χ3v) is 2.91. The molecule has 0 bridgehead atoms. The summed E-state index contributed by atoms with van der Waals surface area (Å²) in [7, 11) is 0. The molecule has 0 spiro atoms. The normalized spacial score (nSPS) is 10.2. The molecule has 0 radical (unpaired) electrons. The van der Waals surface area contributed by atoms with Gasteiger partial charge < -0.3 is 4.90 Å². The molecule has 0 unspecified atom stereocenters. The Morgan fingerprint density at radius 3 is 2.44 bits per heavy atom. The molecule has 0 aromatic heterocycles. The van der Waals surface area contributed by atoms with Gasteiger partial charge in [0.15, 0.2) is 0 Å². The van der Waals surface area contributed by atoms with Gasteiger partial charge in [0.2, 0.25) is 5.82 Å². The second kappa shape index (κ2) is 5.62. The Labute approximate surface area is 106 Å². The number of nitro benzene ring substituents is 1. The van der Waals surface area contributed by atoms with Crippen molar-refractivity contribution >= 4 is 17.5 Å². The second-order valence-electron chi connectivity index (χ2n) is 3.93. The minimum absolute atomic E-state index is 0.162. The van der Waals surface area contributed by atoms with Crippen LogP contribution in [0.3, 0.4) is 0 Å². The summed E-state index contributed by atoms with van der Waals surface area (Å²) in [5, 5.41) is 11.1. The Hall–Kier alpha value is -1.91. The van der Waals surface area contributed by atoms with Crippen LogP contribution in [0.5, 0.6) is 0 Å². The fourth-order valence-electron chi connectivity index (χ4n) is 2.05. The standard InChI is InChI=1S/C13H17FN2O2/c1-5-10-8-9(4)12(15(6-2)7-3)13(11(10)14)16(17)18/h5,8H,1,6-7H2,2-4H3. The molecule has 18 heavy (non-hydrogen) atoms. The molecule has 98 valence electrons. The SMILES string of the molecule is C=Cc1cc(C)c(N(CC)CC)c([N+](=O)[O-])c1F. The van der Waals surface area contributed by atoms with E-state index in [0.717, 1.165) is 0 Å². The molecule has 5 heteroatoms. The zero-order valence-corrected chi connectivity index (χ0v) is 10.9. The molecule has 0 atom stereocenters. The van der Waals surface area contributed by atoms with E-state index in [-0.39, 0.29) is 5.56 Å². The molecular weight excluding hydrogens is 235 g/mol. The average molecular weight is 252 g/mol. The Morgan fingerprint density at radius 2 is 2.06 bits per heavy atom. The molecule has 0 fully saturated rings. The van der Waals surface area contributed by atoms with Gasteiger partial charge in [-0.25, -0.2) is 0 Å². The minimum Gasteiger partial charge on any atom is -0.366 e. The van der Waals surface area contributed by atoms with Gasteiger partial charge in [-0.3, -0.25) is 10.1 Å². The van der Waals surface area contributed by atoms with Crippen LogP contribution in [0.1, 0.15) is 25.0 Å². The van der Waals surface area contributed by atoms with Crippen LogP contribution >= 0.6 is 0 Å². The molecule has 0 aliphatic heterocycles. The molecule has 0 saturated carbocycles. The van der Waals surface area contributed by atoms with Gasteiger partial charge in [0.25, 0.3) is 0 Å². The Balaban J connectivity index is 3.63. The van der Waals surface area contributed by atoms with Crippen LogP contribution in [0.15, 0.2) is 12.6 Å². The maximum Gasteiger partial charge on any atom is 0.328 e. The zero-order valence-electron chi connectivity index (χ0n) is 10.9. The number of halogens is 1. The predicted molar refractivity (Wildman–Crippen MR) is 71.4 cm³/mol. The molecule has 0 heterocycles. The summed E-state index contributed by atoms with van der Waals surface area (Å²) in [6, 6.07) is 1.59. The van der Waals surface area contributed by atoms with E-state index in [9.17, 15) is 14.5 Å². The lowest BCUT2D eigenvalue weighted by atomic mass is 10.1. The maximum atomic E-state index is 14.1. The predicted octanol–water partition coefficient (Wildman–Crippen LogP) is 3.53. The number of rotatable bonds is 5. The van der Waals surface area contributed by atoms with Gasteiger partial charge in [-0.15, -0.1) is 0 Å². The molecule has 0 N–H and O–H groups in total. The highest BCUT2D eigenvalue weighted by molar-refractivity contribution is 5.72. The molecule has 0 aliphatic carbocycles. The molecule has 4 nitrogen and oxygen atoms in total. The van der Waals surface area contributed by atoms with E-state index in [1.54, 1.807) is 17.9 Å². The summed E-state index contributed by atoms with van der Waals surface area (Å²) in [6.07, 6.45) is 1.29. The van der Waals surface area contributed by atoms with Crippen LogP contribution < -0.4 is 4.90 Å². The third-order valence-electron chi connectivity index (χ3n) is 2.91. The van der Waals surface area contributed by atoms with Crippen LogP contribution in [0.25, 0.3) is 6.08 Å².